The van der Waals surface area contributed by atoms with Crippen LogP contribution in [0.3, 0.4) is 0 Å². The molecule has 0 aromatic heterocycles. The van der Waals surface area contributed by atoms with E-state index in [0.717, 1.165) is 5.56 Å². The molecule has 1 amide bonds. The summed E-state index contributed by atoms with van der Waals surface area (Å²) in [5.41, 5.74) is 1.38. The lowest BCUT2D eigenvalue weighted by Crippen LogP contribution is -2.50. The predicted molar refractivity (Wildman–Crippen MR) is 109 cm³/mol. The molecule has 0 aliphatic carbocycles. The van der Waals surface area contributed by atoms with E-state index in [1.54, 1.807) is 47.4 Å². The number of carbonyl (C=O) groups excluding carboxylic acids is 1. The van der Waals surface area contributed by atoms with Crippen LogP contribution in [0.25, 0.3) is 6.08 Å². The number of carbonyl (C=O) groups is 1. The van der Waals surface area contributed by atoms with Crippen LogP contribution in [0.15, 0.2) is 59.5 Å². The molecule has 0 N–H and O–H groups in total. The van der Waals surface area contributed by atoms with Gasteiger partial charge in [0.2, 0.25) is 15.9 Å². The van der Waals surface area contributed by atoms with Crippen molar-refractivity contribution in [2.75, 3.05) is 33.3 Å². The van der Waals surface area contributed by atoms with Gasteiger partial charge in [0.1, 0.15) is 5.75 Å². The number of nitrogens with zero attached hydrogens (tertiary/aromatic N) is 3. The van der Waals surface area contributed by atoms with Crippen molar-refractivity contribution in [1.29, 1.82) is 5.26 Å². The molecule has 1 saturated heterocycles. The van der Waals surface area contributed by atoms with Gasteiger partial charge in [-0.05, 0) is 48.0 Å². The van der Waals surface area contributed by atoms with Crippen molar-refractivity contribution in [2.24, 2.45) is 0 Å². The minimum atomic E-state index is -3.60. The first-order valence-electron chi connectivity index (χ1n) is 9.05. The highest BCUT2D eigenvalue weighted by Crippen LogP contribution is 2.20. The summed E-state index contributed by atoms with van der Waals surface area (Å²) in [6.45, 7) is 1.13. The summed E-state index contributed by atoms with van der Waals surface area (Å²) in [6, 6.07) is 15.2. The lowest BCUT2D eigenvalue weighted by atomic mass is 10.1. The Balaban J connectivity index is 1.59. The van der Waals surface area contributed by atoms with E-state index in [1.165, 1.54) is 29.6 Å². The molecule has 8 heteroatoms. The fourth-order valence-electron chi connectivity index (χ4n) is 2.99. The summed E-state index contributed by atoms with van der Waals surface area (Å²) in [6.07, 6.45) is 3.15. The van der Waals surface area contributed by atoms with E-state index in [9.17, 15) is 13.2 Å². The second kappa shape index (κ2) is 8.90. The number of hydrogen-bond acceptors (Lipinski definition) is 5. The van der Waals surface area contributed by atoms with Crippen molar-refractivity contribution in [3.05, 3.63) is 65.7 Å². The normalized spacial score (nSPS) is 15.2. The Hall–Kier alpha value is -3.15. The zero-order chi connectivity index (χ0) is 20.9. The first-order chi connectivity index (χ1) is 13.9. The second-order valence-corrected chi connectivity index (χ2v) is 8.41. The number of piperazine rings is 1. The number of hydrogen-bond donors (Lipinski definition) is 0. The molecule has 3 rings (SSSR count). The van der Waals surface area contributed by atoms with Gasteiger partial charge in [0.25, 0.3) is 0 Å². The van der Waals surface area contributed by atoms with E-state index in [2.05, 4.69) is 0 Å². The quantitative estimate of drug-likeness (QED) is 0.703. The summed E-state index contributed by atoms with van der Waals surface area (Å²) in [5, 5.41) is 8.81. The number of benzene rings is 2. The highest BCUT2D eigenvalue weighted by atomic mass is 32.2. The van der Waals surface area contributed by atoms with Crippen LogP contribution < -0.4 is 4.74 Å². The molecular formula is C21H21N3O4S. The Morgan fingerprint density at radius 1 is 1.03 bits per heavy atom. The van der Waals surface area contributed by atoms with Gasteiger partial charge in [-0.2, -0.15) is 9.57 Å². The number of methoxy groups -OCH3 is 1. The van der Waals surface area contributed by atoms with Crippen molar-refractivity contribution in [3.8, 4) is 11.8 Å². The van der Waals surface area contributed by atoms with E-state index < -0.39 is 10.0 Å². The van der Waals surface area contributed by atoms with E-state index in [-0.39, 0.29) is 23.9 Å². The molecule has 2 aromatic carbocycles. The molecule has 0 saturated carbocycles. The second-order valence-electron chi connectivity index (χ2n) is 6.47. The van der Waals surface area contributed by atoms with E-state index >= 15 is 0 Å². The van der Waals surface area contributed by atoms with Gasteiger partial charge >= 0.3 is 0 Å². The topological polar surface area (TPSA) is 90.7 Å². The highest BCUT2D eigenvalue weighted by Gasteiger charge is 2.29. The Kier molecular flexibility index (Phi) is 6.32. The third-order valence-corrected chi connectivity index (χ3v) is 6.62. The molecule has 2 aromatic rings. The molecule has 29 heavy (non-hydrogen) atoms. The van der Waals surface area contributed by atoms with Crippen molar-refractivity contribution in [2.45, 2.75) is 4.90 Å². The zero-order valence-corrected chi connectivity index (χ0v) is 16.8. The first kappa shape index (κ1) is 20.6. The summed E-state index contributed by atoms with van der Waals surface area (Å²) >= 11 is 0. The Labute approximate surface area is 170 Å². The van der Waals surface area contributed by atoms with Crippen molar-refractivity contribution in [1.82, 2.24) is 9.21 Å². The first-order valence-corrected chi connectivity index (χ1v) is 10.5. The zero-order valence-electron chi connectivity index (χ0n) is 16.0. The fourth-order valence-corrected chi connectivity index (χ4v) is 4.41. The molecule has 150 valence electrons. The minimum Gasteiger partial charge on any atom is -0.497 e. The van der Waals surface area contributed by atoms with Gasteiger partial charge in [0, 0.05) is 32.3 Å². The van der Waals surface area contributed by atoms with Crippen LogP contribution in [0.4, 0.5) is 0 Å². The Bertz CT molecular complexity index is 1030. The van der Waals surface area contributed by atoms with Crippen LogP contribution in [0, 0.1) is 11.3 Å². The van der Waals surface area contributed by atoms with Crippen LogP contribution in [-0.4, -0.2) is 56.8 Å². The smallest absolute Gasteiger partial charge is 0.246 e. The van der Waals surface area contributed by atoms with Gasteiger partial charge in [0.05, 0.1) is 23.6 Å². The van der Waals surface area contributed by atoms with Crippen molar-refractivity contribution >= 4 is 22.0 Å². The van der Waals surface area contributed by atoms with E-state index in [1.807, 2.05) is 6.07 Å². The maximum Gasteiger partial charge on any atom is 0.246 e. The summed E-state index contributed by atoms with van der Waals surface area (Å²) in [7, 11) is -2.08. The molecular weight excluding hydrogens is 390 g/mol. The molecule has 1 fully saturated rings. The average molecular weight is 411 g/mol. The molecule has 0 spiro atoms. The van der Waals surface area contributed by atoms with Crippen LogP contribution in [0.5, 0.6) is 5.75 Å². The largest absolute Gasteiger partial charge is 0.497 e. The van der Waals surface area contributed by atoms with Crippen LogP contribution in [0.1, 0.15) is 11.1 Å². The van der Waals surface area contributed by atoms with Gasteiger partial charge in [-0.15, -0.1) is 0 Å². The number of nitriles is 1. The van der Waals surface area contributed by atoms with E-state index in [4.69, 9.17) is 10.00 Å². The maximum absolute atomic E-state index is 12.8. The van der Waals surface area contributed by atoms with Gasteiger partial charge in [-0.25, -0.2) is 8.42 Å². The highest BCUT2D eigenvalue weighted by molar-refractivity contribution is 7.89. The van der Waals surface area contributed by atoms with Crippen molar-refractivity contribution < 1.29 is 17.9 Å². The number of sulfonamides is 1. The maximum atomic E-state index is 12.8. The predicted octanol–water partition coefficient (Wildman–Crippen LogP) is 2.11. The van der Waals surface area contributed by atoms with Crippen LogP contribution >= 0.6 is 0 Å². The van der Waals surface area contributed by atoms with Crippen LogP contribution in [0.2, 0.25) is 0 Å². The summed E-state index contributed by atoms with van der Waals surface area (Å²) in [5.74, 6) is 0.421. The molecule has 1 aliphatic rings. The molecule has 7 nitrogen and oxygen atoms in total. The average Bonchev–Trinajstić information content (AvgIpc) is 2.78. The lowest BCUT2D eigenvalue weighted by Gasteiger charge is -2.33. The fraction of sp³-hybridized carbons (Fsp3) is 0.238. The monoisotopic (exact) mass is 411 g/mol. The van der Waals surface area contributed by atoms with Crippen LogP contribution in [-0.2, 0) is 14.8 Å². The molecule has 1 aliphatic heterocycles. The molecule has 1 heterocycles. The van der Waals surface area contributed by atoms with Gasteiger partial charge in [-0.1, -0.05) is 12.1 Å². The molecule has 0 unspecified atom stereocenters. The molecule has 0 atom stereocenters. The summed E-state index contributed by atoms with van der Waals surface area (Å²) in [4.78, 5) is 14.2. The number of amides is 1. The third kappa shape index (κ3) is 4.83. The van der Waals surface area contributed by atoms with Gasteiger partial charge in [-0.3, -0.25) is 4.79 Å². The summed E-state index contributed by atoms with van der Waals surface area (Å²) < 4.78 is 32.0. The number of ether oxygens (including phenoxy) is 1. The number of rotatable bonds is 5. The minimum absolute atomic E-state index is 0.171. The third-order valence-electron chi connectivity index (χ3n) is 4.71. The van der Waals surface area contributed by atoms with E-state index in [0.29, 0.717) is 24.4 Å². The van der Waals surface area contributed by atoms with Gasteiger partial charge < -0.3 is 9.64 Å². The Morgan fingerprint density at radius 2 is 1.66 bits per heavy atom. The van der Waals surface area contributed by atoms with Gasteiger partial charge in [0.15, 0.2) is 0 Å². The SMILES string of the molecule is COc1ccc(S(=O)(=O)N2CCN(C(=O)/C=C/c3ccc(C#N)cc3)CC2)cc1. The molecule has 0 bridgehead atoms. The van der Waals surface area contributed by atoms with Crippen molar-refractivity contribution in [3.63, 3.8) is 0 Å². The lowest BCUT2D eigenvalue weighted by molar-refractivity contribution is -0.127. The standard InChI is InChI=1S/C21H21N3O4S/c1-28-19-7-9-20(10-8-19)29(26,27)24-14-12-23(13-15-24)21(25)11-6-17-2-4-18(16-22)5-3-17/h2-11H,12-15H2,1H3/b11-6+. The Morgan fingerprint density at radius 3 is 2.21 bits per heavy atom. The molecule has 0 radical (unpaired) electrons.